The van der Waals surface area contributed by atoms with Crippen molar-refractivity contribution in [2.24, 2.45) is 0 Å². The first-order chi connectivity index (χ1) is 13.1. The van der Waals surface area contributed by atoms with Crippen LogP contribution in [-0.2, 0) is 0 Å². The van der Waals surface area contributed by atoms with E-state index >= 15 is 0 Å². The summed E-state index contributed by atoms with van der Waals surface area (Å²) in [7, 11) is 3.26. The molecule has 0 amide bonds. The van der Waals surface area contributed by atoms with Crippen LogP contribution < -0.4 is 19.7 Å². The predicted molar refractivity (Wildman–Crippen MR) is 109 cm³/mol. The molecule has 1 N–H and O–H groups in total. The molecular weight excluding hydrogens is 340 g/mol. The number of aryl methyl sites for hydroxylation is 1. The van der Waals surface area contributed by atoms with E-state index in [-0.39, 0.29) is 0 Å². The third-order valence-corrected chi connectivity index (χ3v) is 4.16. The number of ether oxygens (including phenoxy) is 2. The lowest BCUT2D eigenvalue weighted by Crippen LogP contribution is -2.18. The van der Waals surface area contributed by atoms with Gasteiger partial charge in [-0.3, -0.25) is 0 Å². The summed E-state index contributed by atoms with van der Waals surface area (Å²) in [5.74, 6) is 3.65. The molecule has 0 aliphatic carbocycles. The molecule has 0 saturated heterocycles. The van der Waals surface area contributed by atoms with Crippen LogP contribution in [0.5, 0.6) is 11.5 Å². The van der Waals surface area contributed by atoms with Crippen LogP contribution in [-0.4, -0.2) is 30.7 Å². The van der Waals surface area contributed by atoms with Gasteiger partial charge in [0.15, 0.2) is 0 Å². The van der Waals surface area contributed by atoms with Gasteiger partial charge in [-0.1, -0.05) is 18.2 Å². The van der Waals surface area contributed by atoms with Crippen molar-refractivity contribution in [1.29, 1.82) is 0 Å². The number of hydrogen-bond donors (Lipinski definition) is 1. The minimum atomic E-state index is 0.683. The van der Waals surface area contributed by atoms with E-state index in [1.807, 2.05) is 49.4 Å². The van der Waals surface area contributed by atoms with Gasteiger partial charge in [0.1, 0.15) is 29.0 Å². The predicted octanol–water partition coefficient (Wildman–Crippen LogP) is 4.70. The second kappa shape index (κ2) is 8.40. The SMILES string of the molecule is CCN(c1ccccc1)c1cc(Nc2ccc(OC)cc2OC)nc(C)n1. The van der Waals surface area contributed by atoms with Crippen LogP contribution in [0.25, 0.3) is 0 Å². The zero-order valence-electron chi connectivity index (χ0n) is 16.1. The van der Waals surface area contributed by atoms with Crippen LogP contribution in [0.3, 0.4) is 0 Å². The Kier molecular flexibility index (Phi) is 5.76. The fourth-order valence-electron chi connectivity index (χ4n) is 2.88. The molecule has 3 aromatic rings. The number of hydrogen-bond acceptors (Lipinski definition) is 6. The topological polar surface area (TPSA) is 59.5 Å². The highest BCUT2D eigenvalue weighted by molar-refractivity contribution is 5.69. The Hall–Kier alpha value is -3.28. The fourth-order valence-corrected chi connectivity index (χ4v) is 2.88. The van der Waals surface area contributed by atoms with E-state index in [9.17, 15) is 0 Å². The molecule has 0 aliphatic heterocycles. The molecule has 2 aromatic carbocycles. The third kappa shape index (κ3) is 4.28. The first kappa shape index (κ1) is 18.5. The Morgan fingerprint density at radius 2 is 1.74 bits per heavy atom. The van der Waals surface area contributed by atoms with Crippen molar-refractivity contribution in [2.75, 3.05) is 31.0 Å². The second-order valence-corrected chi connectivity index (χ2v) is 5.93. The number of methoxy groups -OCH3 is 2. The Labute approximate surface area is 159 Å². The van der Waals surface area contributed by atoms with Crippen molar-refractivity contribution in [3.8, 4) is 11.5 Å². The summed E-state index contributed by atoms with van der Waals surface area (Å²) in [4.78, 5) is 11.3. The maximum atomic E-state index is 5.46. The van der Waals surface area contributed by atoms with Crippen LogP contribution in [0, 0.1) is 6.92 Å². The molecule has 27 heavy (non-hydrogen) atoms. The third-order valence-electron chi connectivity index (χ3n) is 4.16. The Morgan fingerprint density at radius 3 is 2.41 bits per heavy atom. The monoisotopic (exact) mass is 364 g/mol. The Bertz CT molecular complexity index is 900. The normalized spacial score (nSPS) is 10.4. The zero-order chi connectivity index (χ0) is 19.2. The number of nitrogens with one attached hydrogen (secondary N) is 1. The van der Waals surface area contributed by atoms with Gasteiger partial charge in [0.25, 0.3) is 0 Å². The first-order valence-electron chi connectivity index (χ1n) is 8.82. The van der Waals surface area contributed by atoms with E-state index in [1.54, 1.807) is 14.2 Å². The average molecular weight is 364 g/mol. The largest absolute Gasteiger partial charge is 0.497 e. The number of anilines is 4. The van der Waals surface area contributed by atoms with Gasteiger partial charge in [-0.25, -0.2) is 9.97 Å². The fraction of sp³-hybridized carbons (Fsp3) is 0.238. The van der Waals surface area contributed by atoms with Gasteiger partial charge in [0.05, 0.1) is 19.9 Å². The van der Waals surface area contributed by atoms with Gasteiger partial charge in [0, 0.05) is 24.4 Å². The zero-order valence-corrected chi connectivity index (χ0v) is 16.1. The van der Waals surface area contributed by atoms with E-state index in [0.29, 0.717) is 17.4 Å². The number of nitrogens with zero attached hydrogens (tertiary/aromatic N) is 3. The number of para-hydroxylation sites is 1. The smallest absolute Gasteiger partial charge is 0.146 e. The van der Waals surface area contributed by atoms with E-state index in [4.69, 9.17) is 9.47 Å². The maximum Gasteiger partial charge on any atom is 0.146 e. The molecule has 0 spiro atoms. The summed E-state index contributed by atoms with van der Waals surface area (Å²) in [6, 6.07) is 17.7. The highest BCUT2D eigenvalue weighted by Gasteiger charge is 2.12. The van der Waals surface area contributed by atoms with E-state index in [1.165, 1.54) is 0 Å². The summed E-state index contributed by atoms with van der Waals surface area (Å²) in [6.45, 7) is 4.79. The van der Waals surface area contributed by atoms with Crippen LogP contribution in [0.15, 0.2) is 54.6 Å². The minimum absolute atomic E-state index is 0.683. The lowest BCUT2D eigenvalue weighted by molar-refractivity contribution is 0.395. The van der Waals surface area contributed by atoms with E-state index in [0.717, 1.165) is 29.5 Å². The number of rotatable bonds is 7. The molecule has 0 atom stereocenters. The van der Waals surface area contributed by atoms with Crippen LogP contribution >= 0.6 is 0 Å². The molecule has 0 bridgehead atoms. The van der Waals surface area contributed by atoms with Crippen LogP contribution in [0.2, 0.25) is 0 Å². The second-order valence-electron chi connectivity index (χ2n) is 5.93. The van der Waals surface area contributed by atoms with Gasteiger partial charge in [-0.15, -0.1) is 0 Å². The van der Waals surface area contributed by atoms with Crippen molar-refractivity contribution in [3.05, 3.63) is 60.4 Å². The van der Waals surface area contributed by atoms with Gasteiger partial charge in [0.2, 0.25) is 0 Å². The molecule has 1 aromatic heterocycles. The van der Waals surface area contributed by atoms with Crippen molar-refractivity contribution in [3.63, 3.8) is 0 Å². The molecule has 1 heterocycles. The standard InChI is InChI=1S/C21H24N4O2/c1-5-25(16-9-7-6-8-10-16)21-14-20(22-15(2)23-21)24-18-12-11-17(26-3)13-19(18)27-4/h6-14H,5H2,1-4H3,(H,22,23,24). The molecule has 0 unspecified atom stereocenters. The van der Waals surface area contributed by atoms with E-state index in [2.05, 4.69) is 39.2 Å². The number of benzene rings is 2. The lowest BCUT2D eigenvalue weighted by Gasteiger charge is -2.23. The summed E-state index contributed by atoms with van der Waals surface area (Å²) in [5, 5.41) is 3.33. The first-order valence-corrected chi connectivity index (χ1v) is 8.82. The molecule has 0 radical (unpaired) electrons. The van der Waals surface area contributed by atoms with E-state index < -0.39 is 0 Å². The molecule has 3 rings (SSSR count). The van der Waals surface area contributed by atoms with Crippen LogP contribution in [0.4, 0.5) is 23.0 Å². The Morgan fingerprint density at radius 1 is 0.963 bits per heavy atom. The molecule has 6 nitrogen and oxygen atoms in total. The van der Waals surface area contributed by atoms with Gasteiger partial charge in [-0.2, -0.15) is 0 Å². The van der Waals surface area contributed by atoms with Gasteiger partial charge < -0.3 is 19.7 Å². The summed E-state index contributed by atoms with van der Waals surface area (Å²) in [6.07, 6.45) is 0. The minimum Gasteiger partial charge on any atom is -0.497 e. The highest BCUT2D eigenvalue weighted by atomic mass is 16.5. The molecule has 0 saturated carbocycles. The van der Waals surface area contributed by atoms with Crippen molar-refractivity contribution < 1.29 is 9.47 Å². The lowest BCUT2D eigenvalue weighted by atomic mass is 10.2. The number of aromatic nitrogens is 2. The van der Waals surface area contributed by atoms with Crippen molar-refractivity contribution in [1.82, 2.24) is 9.97 Å². The average Bonchev–Trinajstić information content (AvgIpc) is 2.69. The van der Waals surface area contributed by atoms with Crippen LogP contribution in [0.1, 0.15) is 12.7 Å². The quantitative estimate of drug-likeness (QED) is 0.655. The maximum absolute atomic E-state index is 5.46. The highest BCUT2D eigenvalue weighted by Crippen LogP contribution is 2.32. The Balaban J connectivity index is 1.94. The van der Waals surface area contributed by atoms with Crippen molar-refractivity contribution >= 4 is 23.0 Å². The molecule has 0 aliphatic rings. The van der Waals surface area contributed by atoms with Gasteiger partial charge >= 0.3 is 0 Å². The molecule has 140 valence electrons. The molecular formula is C21H24N4O2. The van der Waals surface area contributed by atoms with Gasteiger partial charge in [-0.05, 0) is 38.1 Å². The molecule has 0 fully saturated rings. The summed E-state index contributed by atoms with van der Waals surface area (Å²) in [5.41, 5.74) is 1.90. The molecule has 6 heteroatoms. The summed E-state index contributed by atoms with van der Waals surface area (Å²) >= 11 is 0. The summed E-state index contributed by atoms with van der Waals surface area (Å²) < 4.78 is 10.7. The van der Waals surface area contributed by atoms with Crippen molar-refractivity contribution in [2.45, 2.75) is 13.8 Å².